The van der Waals surface area contributed by atoms with Crippen LogP contribution in [0.15, 0.2) is 36.4 Å². The molecule has 3 N–H and O–H groups in total. The Kier molecular flexibility index (Phi) is 8.63. The molecule has 36 heavy (non-hydrogen) atoms. The molecule has 1 fully saturated rings. The van der Waals surface area contributed by atoms with Crippen LogP contribution in [0.1, 0.15) is 104 Å². The van der Waals surface area contributed by atoms with Crippen molar-refractivity contribution in [3.05, 3.63) is 69.8 Å². The van der Waals surface area contributed by atoms with Crippen LogP contribution < -0.4 is 5.32 Å². The third-order valence-electron chi connectivity index (χ3n) is 7.84. The minimum atomic E-state index is -1.06. The van der Waals surface area contributed by atoms with Crippen LogP contribution >= 0.6 is 0 Å². The highest BCUT2D eigenvalue weighted by Crippen LogP contribution is 2.40. The van der Waals surface area contributed by atoms with Gasteiger partial charge in [-0.25, -0.2) is 0 Å². The van der Waals surface area contributed by atoms with E-state index in [1.807, 2.05) is 13.0 Å². The van der Waals surface area contributed by atoms with E-state index in [0.29, 0.717) is 5.56 Å². The van der Waals surface area contributed by atoms with Gasteiger partial charge in [-0.2, -0.15) is 0 Å². The predicted molar refractivity (Wildman–Crippen MR) is 143 cm³/mol. The molecule has 2 aromatic rings. The third kappa shape index (κ3) is 5.82. The van der Waals surface area contributed by atoms with E-state index in [4.69, 9.17) is 5.11 Å². The van der Waals surface area contributed by atoms with Crippen LogP contribution in [-0.2, 0) is 10.2 Å². The maximum atomic E-state index is 12.6. The first-order valence-corrected chi connectivity index (χ1v) is 13.1. The van der Waals surface area contributed by atoms with Gasteiger partial charge in [0, 0.05) is 16.5 Å². The number of hydrogen-bond acceptors (Lipinski definition) is 3. The first kappa shape index (κ1) is 27.5. The minimum absolute atomic E-state index is 0.230. The third-order valence-corrected chi connectivity index (χ3v) is 7.84. The van der Waals surface area contributed by atoms with Crippen molar-refractivity contribution in [3.63, 3.8) is 0 Å². The second-order valence-corrected chi connectivity index (χ2v) is 10.2. The highest BCUT2D eigenvalue weighted by molar-refractivity contribution is 5.97. The Morgan fingerprint density at radius 1 is 1.00 bits per heavy atom. The van der Waals surface area contributed by atoms with Crippen LogP contribution in [0.3, 0.4) is 0 Å². The minimum Gasteiger partial charge on any atom is -0.480 e. The number of carbonyl (C=O) groups excluding carboxylic acids is 1. The number of rotatable bonds is 7. The fourth-order valence-corrected chi connectivity index (χ4v) is 5.33. The van der Waals surface area contributed by atoms with Crippen molar-refractivity contribution in [2.75, 3.05) is 0 Å². The van der Waals surface area contributed by atoms with Crippen LogP contribution in [0.25, 0.3) is 0 Å². The largest absolute Gasteiger partial charge is 0.480 e. The van der Waals surface area contributed by atoms with Crippen LogP contribution in [0.4, 0.5) is 0 Å². The number of carbonyl (C=O) groups is 2. The Morgan fingerprint density at radius 3 is 2.11 bits per heavy atom. The van der Waals surface area contributed by atoms with Crippen molar-refractivity contribution < 1.29 is 19.8 Å². The highest BCUT2D eigenvalue weighted by Gasteiger charge is 2.32. The summed E-state index contributed by atoms with van der Waals surface area (Å²) < 4.78 is 0. The number of carboxylic acids is 1. The number of nitrogens with one attached hydrogen (secondary N) is 1. The number of hydrogen-bond donors (Lipinski definition) is 3. The molecule has 0 spiro atoms. The van der Waals surface area contributed by atoms with E-state index >= 15 is 0 Å². The summed E-state index contributed by atoms with van der Waals surface area (Å²) in [6, 6.07) is 11.3. The molecule has 1 atom stereocenters. The van der Waals surface area contributed by atoms with Crippen molar-refractivity contribution in [3.8, 4) is 11.8 Å². The molecule has 192 valence electrons. The van der Waals surface area contributed by atoms with Crippen molar-refractivity contribution in [2.24, 2.45) is 0 Å². The standard InChI is InChI=1S/C31H39NO4/c1-6-31(7-2,26-13-14-27(22(4)20-26)28(33)32-23(5)29(34)35)25-12-11-24(21(3)19-25)15-18-30(36)16-9-8-10-17-30/h11-14,19-20,23,36H,6-10,16-17H2,1-5H3,(H,32,33)(H,34,35). The van der Waals surface area contributed by atoms with Gasteiger partial charge in [0.1, 0.15) is 11.6 Å². The van der Waals surface area contributed by atoms with E-state index in [0.717, 1.165) is 60.8 Å². The molecule has 0 saturated heterocycles. The molecular weight excluding hydrogens is 450 g/mol. The molecular formula is C31H39NO4. The molecule has 1 saturated carbocycles. The molecule has 5 nitrogen and oxygen atoms in total. The lowest BCUT2D eigenvalue weighted by Crippen LogP contribution is -2.38. The normalized spacial score (nSPS) is 15.9. The second kappa shape index (κ2) is 11.3. The summed E-state index contributed by atoms with van der Waals surface area (Å²) in [4.78, 5) is 23.8. The maximum absolute atomic E-state index is 12.6. The molecule has 2 aromatic carbocycles. The van der Waals surface area contributed by atoms with Gasteiger partial charge in [-0.15, -0.1) is 0 Å². The Labute approximate surface area is 215 Å². The van der Waals surface area contributed by atoms with E-state index < -0.39 is 17.6 Å². The zero-order chi connectivity index (χ0) is 26.5. The second-order valence-electron chi connectivity index (χ2n) is 10.2. The lowest BCUT2D eigenvalue weighted by Gasteiger charge is -2.34. The molecule has 0 aromatic heterocycles. The molecule has 0 bridgehead atoms. The molecule has 1 aliphatic rings. The Morgan fingerprint density at radius 2 is 1.58 bits per heavy atom. The van der Waals surface area contributed by atoms with E-state index in [1.54, 1.807) is 6.07 Å². The molecule has 5 heteroatoms. The summed E-state index contributed by atoms with van der Waals surface area (Å²) in [7, 11) is 0. The van der Waals surface area contributed by atoms with Gasteiger partial charge < -0.3 is 15.5 Å². The number of benzene rings is 2. The highest BCUT2D eigenvalue weighted by atomic mass is 16.4. The Bertz CT molecular complexity index is 1180. The quantitative estimate of drug-likeness (QED) is 0.438. The molecule has 0 heterocycles. The van der Waals surface area contributed by atoms with Gasteiger partial charge >= 0.3 is 5.97 Å². The average Bonchev–Trinajstić information content (AvgIpc) is 2.85. The number of aryl methyl sites for hydroxylation is 2. The molecule has 1 aliphatic carbocycles. The van der Waals surface area contributed by atoms with Gasteiger partial charge in [0.05, 0.1) is 0 Å². The first-order chi connectivity index (χ1) is 17.0. The van der Waals surface area contributed by atoms with Gasteiger partial charge in [-0.05, 0) is 93.7 Å². The van der Waals surface area contributed by atoms with Crippen molar-refractivity contribution >= 4 is 11.9 Å². The average molecular weight is 490 g/mol. The van der Waals surface area contributed by atoms with Gasteiger partial charge in [-0.3, -0.25) is 9.59 Å². The molecule has 3 rings (SSSR count). The summed E-state index contributed by atoms with van der Waals surface area (Å²) >= 11 is 0. The molecule has 1 unspecified atom stereocenters. The summed E-state index contributed by atoms with van der Waals surface area (Å²) in [6.45, 7) is 9.76. The summed E-state index contributed by atoms with van der Waals surface area (Å²) in [5.74, 6) is 4.94. The monoisotopic (exact) mass is 489 g/mol. The molecule has 0 radical (unpaired) electrons. The smallest absolute Gasteiger partial charge is 0.325 e. The van der Waals surface area contributed by atoms with Gasteiger partial charge in [0.2, 0.25) is 0 Å². The van der Waals surface area contributed by atoms with E-state index in [-0.39, 0.29) is 11.3 Å². The predicted octanol–water partition coefficient (Wildman–Crippen LogP) is 5.66. The van der Waals surface area contributed by atoms with Crippen molar-refractivity contribution in [2.45, 2.75) is 96.6 Å². The SMILES string of the molecule is CCC(CC)(c1ccc(C#CC2(O)CCCCC2)c(C)c1)c1ccc(C(=O)NC(C)C(=O)O)c(C)c1. The lowest BCUT2D eigenvalue weighted by molar-refractivity contribution is -0.138. The first-order valence-electron chi connectivity index (χ1n) is 13.1. The lowest BCUT2D eigenvalue weighted by atomic mass is 9.69. The van der Waals surface area contributed by atoms with Crippen molar-refractivity contribution in [1.82, 2.24) is 5.32 Å². The Hall–Kier alpha value is -3.10. The van der Waals surface area contributed by atoms with Crippen LogP contribution in [0, 0.1) is 25.7 Å². The molecule has 0 aliphatic heterocycles. The number of amides is 1. The fourth-order valence-electron chi connectivity index (χ4n) is 5.33. The van der Waals surface area contributed by atoms with E-state index in [1.165, 1.54) is 18.9 Å². The van der Waals surface area contributed by atoms with Crippen LogP contribution in [0.2, 0.25) is 0 Å². The van der Waals surface area contributed by atoms with E-state index in [2.05, 4.69) is 62.2 Å². The zero-order valence-corrected chi connectivity index (χ0v) is 22.2. The zero-order valence-electron chi connectivity index (χ0n) is 22.2. The van der Waals surface area contributed by atoms with Gasteiger partial charge in [0.25, 0.3) is 5.91 Å². The molecule has 1 amide bonds. The number of carboxylic acid groups (broad SMARTS) is 1. The maximum Gasteiger partial charge on any atom is 0.325 e. The fraction of sp³-hybridized carbons (Fsp3) is 0.484. The van der Waals surface area contributed by atoms with Crippen LogP contribution in [0.5, 0.6) is 0 Å². The number of aliphatic hydroxyl groups is 1. The van der Waals surface area contributed by atoms with Crippen molar-refractivity contribution in [1.29, 1.82) is 0 Å². The topological polar surface area (TPSA) is 86.6 Å². The summed E-state index contributed by atoms with van der Waals surface area (Å²) in [5.41, 5.74) is 4.55. The summed E-state index contributed by atoms with van der Waals surface area (Å²) in [6.07, 6.45) is 6.47. The van der Waals surface area contributed by atoms with Gasteiger partial charge in [0.15, 0.2) is 0 Å². The van der Waals surface area contributed by atoms with E-state index in [9.17, 15) is 14.7 Å². The number of aliphatic carboxylic acids is 1. The van der Waals surface area contributed by atoms with Gasteiger partial charge in [-0.1, -0.05) is 56.4 Å². The Balaban J connectivity index is 1.93. The van der Waals surface area contributed by atoms with Crippen LogP contribution in [-0.4, -0.2) is 33.7 Å². The summed E-state index contributed by atoms with van der Waals surface area (Å²) in [5, 5.41) is 22.4.